The van der Waals surface area contributed by atoms with E-state index in [-0.39, 0.29) is 17.9 Å². The lowest BCUT2D eigenvalue weighted by molar-refractivity contribution is -0.120. The third-order valence-electron chi connectivity index (χ3n) is 5.72. The van der Waals surface area contributed by atoms with Crippen LogP contribution in [-0.4, -0.2) is 81.1 Å². The van der Waals surface area contributed by atoms with E-state index in [1.807, 2.05) is 6.92 Å². The van der Waals surface area contributed by atoms with Gasteiger partial charge in [0.05, 0.1) is 17.5 Å². The number of hydrogen-bond donors (Lipinski definition) is 2. The number of β-amino-alcohol motifs (C(OH)–C–C–N with tert-alkyl or cyclic N) is 1. The van der Waals surface area contributed by atoms with Gasteiger partial charge in [0.1, 0.15) is 5.69 Å². The number of amides is 2. The smallest absolute Gasteiger partial charge is 0.274 e. The molecule has 1 aromatic rings. The van der Waals surface area contributed by atoms with Gasteiger partial charge >= 0.3 is 0 Å². The zero-order valence-electron chi connectivity index (χ0n) is 16.9. The molecule has 2 saturated heterocycles. The third-order valence-corrected chi connectivity index (χ3v) is 5.72. The van der Waals surface area contributed by atoms with Crippen LogP contribution in [0.2, 0.25) is 0 Å². The van der Waals surface area contributed by atoms with E-state index in [4.69, 9.17) is 0 Å². The summed E-state index contributed by atoms with van der Waals surface area (Å²) in [4.78, 5) is 36.3. The minimum atomic E-state index is -0.783. The average Bonchev–Trinajstić information content (AvgIpc) is 2.85. The molecule has 8 nitrogen and oxygen atoms in total. The Morgan fingerprint density at radius 3 is 2.57 bits per heavy atom. The lowest BCUT2D eigenvalue weighted by atomic mass is 9.93. The molecule has 0 saturated carbocycles. The van der Waals surface area contributed by atoms with Gasteiger partial charge in [-0.05, 0) is 39.0 Å². The number of carbonyl (C=O) groups is 2. The fraction of sp³-hybridized carbons (Fsp3) is 0.700. The highest BCUT2D eigenvalue weighted by Gasteiger charge is 2.34. The van der Waals surface area contributed by atoms with Crippen LogP contribution < -0.4 is 5.32 Å². The molecule has 0 aliphatic carbocycles. The Hall–Kier alpha value is -2.06. The van der Waals surface area contributed by atoms with E-state index in [0.29, 0.717) is 38.2 Å². The second-order valence-corrected chi connectivity index (χ2v) is 8.16. The van der Waals surface area contributed by atoms with Crippen molar-refractivity contribution in [1.29, 1.82) is 0 Å². The standard InChI is InChI=1S/C20H31N5O3/c1-15-12-22-18(13-21-15)19(27)25-8-3-6-20(28,7-11-25)14-24-9-4-17(5-10-24)23-16(2)26/h12-13,17,28H,3-11,14H2,1-2H3,(H,23,26). The molecule has 154 valence electrons. The highest BCUT2D eigenvalue weighted by atomic mass is 16.3. The number of aryl methyl sites for hydroxylation is 1. The van der Waals surface area contributed by atoms with Crippen LogP contribution >= 0.6 is 0 Å². The first kappa shape index (κ1) is 20.7. The Morgan fingerprint density at radius 1 is 1.18 bits per heavy atom. The second kappa shape index (κ2) is 8.96. The predicted molar refractivity (Wildman–Crippen MR) is 105 cm³/mol. The molecule has 0 aromatic carbocycles. The number of piperidine rings is 1. The van der Waals surface area contributed by atoms with E-state index < -0.39 is 5.60 Å². The van der Waals surface area contributed by atoms with E-state index in [9.17, 15) is 14.7 Å². The molecule has 2 fully saturated rings. The van der Waals surface area contributed by atoms with Crippen molar-refractivity contribution >= 4 is 11.8 Å². The van der Waals surface area contributed by atoms with Crippen LogP contribution in [0.3, 0.4) is 0 Å². The van der Waals surface area contributed by atoms with Crippen molar-refractivity contribution in [2.75, 3.05) is 32.7 Å². The summed E-state index contributed by atoms with van der Waals surface area (Å²) in [5.41, 5.74) is 0.356. The molecule has 1 unspecified atom stereocenters. The summed E-state index contributed by atoms with van der Waals surface area (Å²) < 4.78 is 0. The van der Waals surface area contributed by atoms with Crippen LogP contribution in [0.15, 0.2) is 12.4 Å². The van der Waals surface area contributed by atoms with Gasteiger partial charge < -0.3 is 20.2 Å². The van der Waals surface area contributed by atoms with Crippen molar-refractivity contribution in [2.45, 2.75) is 57.6 Å². The van der Waals surface area contributed by atoms with E-state index in [2.05, 4.69) is 20.2 Å². The van der Waals surface area contributed by atoms with Gasteiger partial charge in [-0.3, -0.25) is 14.6 Å². The second-order valence-electron chi connectivity index (χ2n) is 8.16. The summed E-state index contributed by atoms with van der Waals surface area (Å²) >= 11 is 0. The number of nitrogens with zero attached hydrogens (tertiary/aromatic N) is 4. The number of rotatable bonds is 4. The Bertz CT molecular complexity index is 688. The highest BCUT2D eigenvalue weighted by Crippen LogP contribution is 2.25. The molecule has 3 heterocycles. The van der Waals surface area contributed by atoms with Crippen molar-refractivity contribution in [3.05, 3.63) is 23.8 Å². The van der Waals surface area contributed by atoms with Crippen LogP contribution in [0.5, 0.6) is 0 Å². The van der Waals surface area contributed by atoms with Gasteiger partial charge in [0.2, 0.25) is 5.91 Å². The summed E-state index contributed by atoms with van der Waals surface area (Å²) in [6, 6.07) is 0.237. The zero-order valence-corrected chi connectivity index (χ0v) is 16.9. The Balaban J connectivity index is 1.52. The topological polar surface area (TPSA) is 98.7 Å². The van der Waals surface area contributed by atoms with E-state index in [1.54, 1.807) is 18.0 Å². The maximum atomic E-state index is 12.7. The normalized spacial score (nSPS) is 24.6. The Kier molecular flexibility index (Phi) is 6.61. The molecule has 2 amide bonds. The number of aliphatic hydroxyl groups is 1. The molecule has 28 heavy (non-hydrogen) atoms. The molecule has 2 N–H and O–H groups in total. The first-order chi connectivity index (χ1) is 13.3. The molecule has 3 rings (SSSR count). The van der Waals surface area contributed by atoms with Gasteiger partial charge in [0.25, 0.3) is 5.91 Å². The van der Waals surface area contributed by atoms with Crippen molar-refractivity contribution in [2.24, 2.45) is 0 Å². The number of hydrogen-bond acceptors (Lipinski definition) is 6. The van der Waals surface area contributed by atoms with Crippen LogP contribution in [0, 0.1) is 6.92 Å². The number of aromatic nitrogens is 2. The fourth-order valence-corrected chi connectivity index (χ4v) is 4.14. The van der Waals surface area contributed by atoms with Gasteiger partial charge in [-0.15, -0.1) is 0 Å². The molecule has 8 heteroatoms. The van der Waals surface area contributed by atoms with Gasteiger partial charge in [0.15, 0.2) is 0 Å². The Labute approximate surface area is 166 Å². The number of carbonyl (C=O) groups excluding carboxylic acids is 2. The molecular weight excluding hydrogens is 358 g/mol. The van der Waals surface area contributed by atoms with Crippen LogP contribution in [0.4, 0.5) is 0 Å². The van der Waals surface area contributed by atoms with Crippen LogP contribution in [0.1, 0.15) is 55.2 Å². The molecule has 0 spiro atoms. The Morgan fingerprint density at radius 2 is 1.93 bits per heavy atom. The molecule has 1 aromatic heterocycles. The van der Waals surface area contributed by atoms with Crippen LogP contribution in [-0.2, 0) is 4.79 Å². The maximum Gasteiger partial charge on any atom is 0.274 e. The van der Waals surface area contributed by atoms with Gasteiger partial charge in [0, 0.05) is 51.9 Å². The summed E-state index contributed by atoms with van der Waals surface area (Å²) in [7, 11) is 0. The summed E-state index contributed by atoms with van der Waals surface area (Å²) in [6.45, 7) is 6.90. The van der Waals surface area contributed by atoms with Crippen molar-refractivity contribution in [1.82, 2.24) is 25.1 Å². The largest absolute Gasteiger partial charge is 0.388 e. The van der Waals surface area contributed by atoms with Gasteiger partial charge in [-0.1, -0.05) is 0 Å². The lowest BCUT2D eigenvalue weighted by Gasteiger charge is -2.38. The summed E-state index contributed by atoms with van der Waals surface area (Å²) in [5.74, 6) is -0.100. The maximum absolute atomic E-state index is 12.7. The first-order valence-corrected chi connectivity index (χ1v) is 10.1. The van der Waals surface area contributed by atoms with Gasteiger partial charge in [-0.2, -0.15) is 0 Å². The molecule has 2 aliphatic heterocycles. The average molecular weight is 390 g/mol. The molecule has 2 aliphatic rings. The fourth-order valence-electron chi connectivity index (χ4n) is 4.14. The van der Waals surface area contributed by atoms with Crippen molar-refractivity contribution in [3.63, 3.8) is 0 Å². The summed E-state index contributed by atoms with van der Waals surface area (Å²) in [5, 5.41) is 14.1. The zero-order chi connectivity index (χ0) is 20.1. The molecule has 1 atom stereocenters. The highest BCUT2D eigenvalue weighted by molar-refractivity contribution is 5.92. The van der Waals surface area contributed by atoms with Crippen LogP contribution in [0.25, 0.3) is 0 Å². The summed E-state index contributed by atoms with van der Waals surface area (Å²) in [6.07, 6.45) is 6.95. The first-order valence-electron chi connectivity index (χ1n) is 10.1. The monoisotopic (exact) mass is 389 g/mol. The number of likely N-dealkylation sites (tertiary alicyclic amines) is 2. The molecule has 0 radical (unpaired) electrons. The minimum absolute atomic E-state index is 0.0175. The minimum Gasteiger partial charge on any atom is -0.388 e. The van der Waals surface area contributed by atoms with E-state index in [0.717, 1.165) is 38.0 Å². The molecular formula is C20H31N5O3. The predicted octanol–water partition coefficient (Wildman–Crippen LogP) is 0.743. The lowest BCUT2D eigenvalue weighted by Crippen LogP contribution is -2.50. The SMILES string of the molecule is CC(=O)NC1CCN(CC2(O)CCCN(C(=O)c3cnc(C)cn3)CC2)CC1. The van der Waals surface area contributed by atoms with E-state index in [1.165, 1.54) is 6.20 Å². The quantitative estimate of drug-likeness (QED) is 0.788. The third kappa shape index (κ3) is 5.48. The van der Waals surface area contributed by atoms with Gasteiger partial charge in [-0.25, -0.2) is 4.98 Å². The van der Waals surface area contributed by atoms with Crippen molar-refractivity contribution < 1.29 is 14.7 Å². The molecule has 0 bridgehead atoms. The number of nitrogens with one attached hydrogen (secondary N) is 1. The van der Waals surface area contributed by atoms with Crippen molar-refractivity contribution in [3.8, 4) is 0 Å². The van der Waals surface area contributed by atoms with E-state index >= 15 is 0 Å².